The average molecular weight is 240 g/mol. The van der Waals surface area contributed by atoms with Gasteiger partial charge in [-0.1, -0.05) is 18.2 Å². The summed E-state index contributed by atoms with van der Waals surface area (Å²) in [5, 5.41) is 12.3. The molecule has 1 aliphatic rings. The van der Waals surface area contributed by atoms with Crippen LogP contribution in [0.15, 0.2) is 42.5 Å². The maximum atomic E-state index is 11.0. The highest BCUT2D eigenvalue weighted by molar-refractivity contribution is 5.89. The minimum atomic E-state index is -0.941. The molecule has 0 aromatic heterocycles. The highest BCUT2D eigenvalue weighted by atomic mass is 16.4. The zero-order valence-electron chi connectivity index (χ0n) is 9.55. The zero-order valence-corrected chi connectivity index (χ0v) is 9.55. The Bertz CT molecular complexity index is 637. The number of nitrogens with one attached hydrogen (secondary N) is 1. The van der Waals surface area contributed by atoms with Crippen LogP contribution in [0.4, 0.5) is 11.4 Å². The molecule has 0 bridgehead atoms. The van der Waals surface area contributed by atoms with E-state index < -0.39 is 5.97 Å². The van der Waals surface area contributed by atoms with Crippen LogP contribution >= 0.6 is 0 Å². The zero-order chi connectivity index (χ0) is 12.7. The monoisotopic (exact) mass is 240 g/mol. The first-order chi connectivity index (χ1) is 8.66. The highest BCUT2D eigenvalue weighted by Crippen LogP contribution is 2.38. The summed E-state index contributed by atoms with van der Waals surface area (Å²) in [6, 6.07) is 12.4. The summed E-state index contributed by atoms with van der Waals surface area (Å²) in [7, 11) is 0. The molecule has 0 amide bonds. The number of aromatic carboxylic acids is 1. The molecule has 3 rings (SSSR count). The van der Waals surface area contributed by atoms with E-state index in [0.717, 1.165) is 22.5 Å². The molecule has 0 spiro atoms. The summed E-state index contributed by atoms with van der Waals surface area (Å²) < 4.78 is 0. The van der Waals surface area contributed by atoms with E-state index in [2.05, 4.69) is 5.32 Å². The quantitative estimate of drug-likeness (QED) is 0.715. The van der Waals surface area contributed by atoms with E-state index in [-0.39, 0.29) is 11.6 Å². The van der Waals surface area contributed by atoms with Gasteiger partial charge in [-0.3, -0.25) is 0 Å². The fourth-order valence-corrected chi connectivity index (χ4v) is 2.26. The summed E-state index contributed by atoms with van der Waals surface area (Å²) in [5.41, 5.74) is 10.1. The average Bonchev–Trinajstić information content (AvgIpc) is 2.38. The standard InChI is InChI=1S/C14H12N2O2/c15-13-9-3-1-2-4-11(9)16-12-6-5-8(14(17)18)7-10(12)13/h1-7,13,16H,15H2,(H,17,18). The number of rotatable bonds is 1. The van der Waals surface area contributed by atoms with E-state index in [9.17, 15) is 4.79 Å². The molecule has 0 fully saturated rings. The first-order valence-electron chi connectivity index (χ1n) is 5.65. The summed E-state index contributed by atoms with van der Waals surface area (Å²) in [6.07, 6.45) is 0. The van der Waals surface area contributed by atoms with E-state index in [1.807, 2.05) is 24.3 Å². The molecule has 1 heterocycles. The Kier molecular flexibility index (Phi) is 2.31. The van der Waals surface area contributed by atoms with E-state index >= 15 is 0 Å². The molecule has 0 saturated heterocycles. The molecule has 4 nitrogen and oxygen atoms in total. The van der Waals surface area contributed by atoms with Crippen LogP contribution in [0.5, 0.6) is 0 Å². The molecule has 0 saturated carbocycles. The van der Waals surface area contributed by atoms with Crippen LogP contribution in [0, 0.1) is 0 Å². The van der Waals surface area contributed by atoms with E-state index in [1.165, 1.54) is 0 Å². The molecule has 1 atom stereocenters. The van der Waals surface area contributed by atoms with Crippen molar-refractivity contribution in [1.82, 2.24) is 0 Å². The summed E-state index contributed by atoms with van der Waals surface area (Å²) in [4.78, 5) is 11.0. The maximum Gasteiger partial charge on any atom is 0.335 e. The Labute approximate surface area is 104 Å². The van der Waals surface area contributed by atoms with Gasteiger partial charge in [0.15, 0.2) is 0 Å². The number of para-hydroxylation sites is 1. The lowest BCUT2D eigenvalue weighted by Gasteiger charge is -2.27. The van der Waals surface area contributed by atoms with Gasteiger partial charge in [-0.2, -0.15) is 0 Å². The third-order valence-electron chi connectivity index (χ3n) is 3.20. The van der Waals surface area contributed by atoms with Gasteiger partial charge in [0.1, 0.15) is 0 Å². The summed E-state index contributed by atoms with van der Waals surface area (Å²) >= 11 is 0. The number of carbonyl (C=O) groups is 1. The van der Waals surface area contributed by atoms with Crippen molar-refractivity contribution >= 4 is 17.3 Å². The number of fused-ring (bicyclic) bond motifs is 2. The Hall–Kier alpha value is -2.33. The second kappa shape index (κ2) is 3.85. The molecule has 1 unspecified atom stereocenters. The van der Waals surface area contributed by atoms with E-state index in [1.54, 1.807) is 18.2 Å². The third-order valence-corrected chi connectivity index (χ3v) is 3.20. The molecule has 90 valence electrons. The van der Waals surface area contributed by atoms with Crippen LogP contribution < -0.4 is 11.1 Å². The first-order valence-corrected chi connectivity index (χ1v) is 5.65. The van der Waals surface area contributed by atoms with Crippen LogP contribution in [0.1, 0.15) is 27.5 Å². The van der Waals surface area contributed by atoms with Crippen molar-refractivity contribution in [2.75, 3.05) is 5.32 Å². The molecular formula is C14H12N2O2. The third kappa shape index (κ3) is 1.55. The minimum Gasteiger partial charge on any atom is -0.478 e. The Balaban J connectivity index is 2.14. The van der Waals surface area contributed by atoms with Crippen LogP contribution in [0.3, 0.4) is 0 Å². The number of hydrogen-bond acceptors (Lipinski definition) is 3. The largest absolute Gasteiger partial charge is 0.478 e. The van der Waals surface area contributed by atoms with Crippen LogP contribution in [-0.2, 0) is 0 Å². The number of hydrogen-bond donors (Lipinski definition) is 3. The lowest BCUT2D eigenvalue weighted by molar-refractivity contribution is 0.0697. The van der Waals surface area contributed by atoms with Gasteiger partial charge in [0.25, 0.3) is 0 Å². The predicted octanol–water partition coefficient (Wildman–Crippen LogP) is 2.49. The highest BCUT2D eigenvalue weighted by Gasteiger charge is 2.22. The number of nitrogens with two attached hydrogens (primary N) is 1. The van der Waals surface area contributed by atoms with Crippen LogP contribution in [0.25, 0.3) is 0 Å². The lowest BCUT2D eigenvalue weighted by Crippen LogP contribution is -2.20. The summed E-state index contributed by atoms with van der Waals surface area (Å²) in [6.45, 7) is 0. The fourth-order valence-electron chi connectivity index (χ4n) is 2.26. The number of benzene rings is 2. The molecule has 2 aromatic rings. The number of carboxylic acids is 1. The van der Waals surface area contributed by atoms with Gasteiger partial charge in [-0.15, -0.1) is 0 Å². The fraction of sp³-hybridized carbons (Fsp3) is 0.0714. The minimum absolute atomic E-state index is 0.255. The molecule has 0 aliphatic carbocycles. The Morgan fingerprint density at radius 1 is 1.11 bits per heavy atom. The lowest BCUT2D eigenvalue weighted by atomic mass is 9.91. The van der Waals surface area contributed by atoms with Crippen molar-refractivity contribution in [3.8, 4) is 0 Å². The van der Waals surface area contributed by atoms with Crippen LogP contribution in [-0.4, -0.2) is 11.1 Å². The van der Waals surface area contributed by atoms with Crippen molar-refractivity contribution in [1.29, 1.82) is 0 Å². The van der Waals surface area contributed by atoms with Crippen LogP contribution in [0.2, 0.25) is 0 Å². The van der Waals surface area contributed by atoms with Gasteiger partial charge < -0.3 is 16.2 Å². The van der Waals surface area contributed by atoms with Gasteiger partial charge in [0.2, 0.25) is 0 Å². The maximum absolute atomic E-state index is 11.0. The van der Waals surface area contributed by atoms with Crippen molar-refractivity contribution in [2.24, 2.45) is 5.73 Å². The second-order valence-electron chi connectivity index (χ2n) is 4.30. The van der Waals surface area contributed by atoms with Crippen molar-refractivity contribution in [3.63, 3.8) is 0 Å². The first kappa shape index (κ1) is 10.8. The van der Waals surface area contributed by atoms with Crippen molar-refractivity contribution < 1.29 is 9.90 Å². The van der Waals surface area contributed by atoms with E-state index in [4.69, 9.17) is 10.8 Å². The summed E-state index contributed by atoms with van der Waals surface area (Å²) in [5.74, 6) is -0.941. The Morgan fingerprint density at radius 2 is 1.83 bits per heavy atom. The van der Waals surface area contributed by atoms with Gasteiger partial charge in [0.05, 0.1) is 11.6 Å². The molecular weight excluding hydrogens is 228 g/mol. The molecule has 0 radical (unpaired) electrons. The van der Waals surface area contributed by atoms with Crippen molar-refractivity contribution in [3.05, 3.63) is 59.2 Å². The molecule has 4 heteroatoms. The predicted molar refractivity (Wildman–Crippen MR) is 69.2 cm³/mol. The normalized spacial score (nSPS) is 16.4. The van der Waals surface area contributed by atoms with E-state index in [0.29, 0.717) is 0 Å². The van der Waals surface area contributed by atoms with Gasteiger partial charge in [0, 0.05) is 11.4 Å². The second-order valence-corrected chi connectivity index (χ2v) is 4.30. The molecule has 18 heavy (non-hydrogen) atoms. The SMILES string of the molecule is NC1c2ccccc2Nc2ccc(C(=O)O)cc21. The van der Waals surface area contributed by atoms with Gasteiger partial charge in [-0.05, 0) is 35.4 Å². The number of anilines is 2. The number of carboxylic acid groups (broad SMARTS) is 1. The smallest absolute Gasteiger partial charge is 0.335 e. The molecule has 4 N–H and O–H groups in total. The topological polar surface area (TPSA) is 75.3 Å². The molecule has 2 aromatic carbocycles. The Morgan fingerprint density at radius 3 is 2.61 bits per heavy atom. The van der Waals surface area contributed by atoms with Crippen molar-refractivity contribution in [2.45, 2.75) is 6.04 Å². The van der Waals surface area contributed by atoms with Gasteiger partial charge >= 0.3 is 5.97 Å². The molecule has 1 aliphatic heterocycles. The van der Waals surface area contributed by atoms with Gasteiger partial charge in [-0.25, -0.2) is 4.79 Å².